The Labute approximate surface area is 154 Å². The molecule has 0 saturated carbocycles. The fourth-order valence-corrected chi connectivity index (χ4v) is 4.20. The Morgan fingerprint density at radius 3 is 2.04 bits per heavy atom. The first-order valence-electron chi connectivity index (χ1n) is 7.77. The van der Waals surface area contributed by atoms with Gasteiger partial charge in [-0.3, -0.25) is 9.69 Å². The number of amidine groups is 1. The van der Waals surface area contributed by atoms with Crippen LogP contribution in [-0.4, -0.2) is 11.1 Å². The third-order valence-electron chi connectivity index (χ3n) is 3.65. The second-order valence-corrected chi connectivity index (χ2v) is 7.32. The second kappa shape index (κ2) is 7.09. The Balaban J connectivity index is 1.72. The number of benzene rings is 2. The Morgan fingerprint density at radius 1 is 0.840 bits per heavy atom. The Morgan fingerprint density at radius 2 is 1.48 bits per heavy atom. The summed E-state index contributed by atoms with van der Waals surface area (Å²) >= 11 is 3.02. The largest absolute Gasteiger partial charge is 0.289 e. The van der Waals surface area contributed by atoms with Gasteiger partial charge in [0, 0.05) is 16.3 Å². The predicted molar refractivity (Wildman–Crippen MR) is 107 cm³/mol. The van der Waals surface area contributed by atoms with Crippen LogP contribution in [0.1, 0.15) is 4.88 Å². The molecule has 1 aliphatic rings. The number of nitrogens with zero attached hydrogens (tertiary/aromatic N) is 2. The van der Waals surface area contributed by atoms with Gasteiger partial charge in [-0.2, -0.15) is 4.99 Å². The number of rotatable bonds is 3. The molecule has 3 aromatic rings. The maximum absolute atomic E-state index is 12.4. The van der Waals surface area contributed by atoms with E-state index in [4.69, 9.17) is 0 Å². The van der Waals surface area contributed by atoms with Crippen molar-refractivity contribution in [2.75, 3.05) is 4.90 Å². The average Bonchev–Trinajstić information content (AvgIpc) is 3.28. The first kappa shape index (κ1) is 15.9. The third kappa shape index (κ3) is 3.43. The van der Waals surface area contributed by atoms with E-state index in [9.17, 15) is 4.79 Å². The van der Waals surface area contributed by atoms with Crippen LogP contribution in [-0.2, 0) is 4.79 Å². The van der Waals surface area contributed by atoms with Crippen LogP contribution in [0.25, 0.3) is 6.08 Å². The number of amides is 1. The molecule has 4 rings (SSSR count). The van der Waals surface area contributed by atoms with E-state index in [1.807, 2.05) is 89.2 Å². The first-order valence-corrected chi connectivity index (χ1v) is 9.47. The number of hydrogen-bond donors (Lipinski definition) is 0. The van der Waals surface area contributed by atoms with Crippen molar-refractivity contribution in [1.82, 2.24) is 0 Å². The van der Waals surface area contributed by atoms with Crippen molar-refractivity contribution in [2.45, 2.75) is 0 Å². The van der Waals surface area contributed by atoms with Crippen molar-refractivity contribution in [3.8, 4) is 0 Å². The van der Waals surface area contributed by atoms with Crippen LogP contribution >= 0.6 is 23.1 Å². The minimum atomic E-state index is -0.190. The maximum Gasteiger partial charge on any atom is 0.286 e. The van der Waals surface area contributed by atoms with Gasteiger partial charge in [0.05, 0.1) is 4.91 Å². The summed E-state index contributed by atoms with van der Waals surface area (Å²) in [5, 5.41) is 2.67. The van der Waals surface area contributed by atoms with Crippen LogP contribution in [0.15, 0.2) is 88.1 Å². The molecule has 3 nitrogen and oxygen atoms in total. The van der Waals surface area contributed by atoms with E-state index >= 15 is 0 Å². The van der Waals surface area contributed by atoms with Gasteiger partial charge in [0.2, 0.25) is 0 Å². The molecule has 0 saturated heterocycles. The molecular formula is C20H14N2OS2. The normalized spacial score (nSPS) is 15.4. The highest BCUT2D eigenvalue weighted by Gasteiger charge is 2.28. The molecular weight excluding hydrogens is 348 g/mol. The lowest BCUT2D eigenvalue weighted by Crippen LogP contribution is -2.21. The number of anilines is 2. The molecule has 0 fully saturated rings. The van der Waals surface area contributed by atoms with Gasteiger partial charge in [-0.25, -0.2) is 0 Å². The zero-order valence-electron chi connectivity index (χ0n) is 13.2. The highest BCUT2D eigenvalue weighted by Crippen LogP contribution is 2.36. The van der Waals surface area contributed by atoms with Crippen LogP contribution in [0, 0.1) is 0 Å². The summed E-state index contributed by atoms with van der Waals surface area (Å²) in [4.78, 5) is 20.4. The summed E-state index contributed by atoms with van der Waals surface area (Å²) < 4.78 is 0. The monoisotopic (exact) mass is 362 g/mol. The van der Waals surface area contributed by atoms with Crippen LogP contribution in [0.5, 0.6) is 0 Å². The topological polar surface area (TPSA) is 32.7 Å². The zero-order valence-corrected chi connectivity index (χ0v) is 14.8. The number of carbonyl (C=O) groups is 1. The number of carbonyl (C=O) groups excluding carboxylic acids is 1. The molecule has 0 N–H and O–H groups in total. The molecule has 0 unspecified atom stereocenters. The van der Waals surface area contributed by atoms with Gasteiger partial charge < -0.3 is 0 Å². The number of hydrogen-bond acceptors (Lipinski definition) is 4. The molecule has 0 bridgehead atoms. The molecule has 5 heteroatoms. The first-order chi connectivity index (χ1) is 12.3. The molecule has 0 aliphatic carbocycles. The molecule has 0 radical (unpaired) electrons. The summed E-state index contributed by atoms with van der Waals surface area (Å²) in [6.07, 6.45) is 1.91. The quantitative estimate of drug-likeness (QED) is 0.572. The summed E-state index contributed by atoms with van der Waals surface area (Å²) in [5.41, 5.74) is 1.95. The van der Waals surface area contributed by atoms with E-state index in [1.165, 1.54) is 11.8 Å². The van der Waals surface area contributed by atoms with E-state index in [-0.39, 0.29) is 5.91 Å². The van der Waals surface area contributed by atoms with E-state index < -0.39 is 0 Å². The number of thioether (sulfide) groups is 1. The molecule has 0 spiro atoms. The van der Waals surface area contributed by atoms with E-state index in [0.29, 0.717) is 10.1 Å². The van der Waals surface area contributed by atoms with Crippen molar-refractivity contribution < 1.29 is 4.79 Å². The van der Waals surface area contributed by atoms with Gasteiger partial charge >= 0.3 is 0 Å². The predicted octanol–water partition coefficient (Wildman–Crippen LogP) is 5.56. The van der Waals surface area contributed by atoms with Gasteiger partial charge in [-0.05, 0) is 53.5 Å². The molecule has 2 aromatic carbocycles. The Kier molecular flexibility index (Phi) is 4.50. The zero-order chi connectivity index (χ0) is 17.1. The summed E-state index contributed by atoms with van der Waals surface area (Å²) in [6.45, 7) is 0. The third-order valence-corrected chi connectivity index (χ3v) is 5.43. The highest BCUT2D eigenvalue weighted by molar-refractivity contribution is 8.18. The van der Waals surface area contributed by atoms with Crippen molar-refractivity contribution in [2.24, 2.45) is 4.99 Å². The fraction of sp³-hybridized carbons (Fsp3) is 0. The molecule has 122 valence electrons. The van der Waals surface area contributed by atoms with Crippen LogP contribution in [0.3, 0.4) is 0 Å². The number of para-hydroxylation sites is 2. The van der Waals surface area contributed by atoms with Crippen molar-refractivity contribution >= 4 is 51.6 Å². The summed E-state index contributed by atoms with van der Waals surface area (Å²) in [5.74, 6) is -0.190. The van der Waals surface area contributed by atoms with Gasteiger partial charge in [0.1, 0.15) is 0 Å². The number of aliphatic imine (C=N–C) groups is 1. The van der Waals surface area contributed by atoms with Crippen LogP contribution in [0.2, 0.25) is 0 Å². The maximum atomic E-state index is 12.4. The second-order valence-electron chi connectivity index (χ2n) is 5.33. The van der Waals surface area contributed by atoms with E-state index in [1.54, 1.807) is 11.3 Å². The SMILES string of the molecule is O=C1N=C(N(c2ccccc2)c2ccccc2)S/C1=C/c1cccs1. The van der Waals surface area contributed by atoms with E-state index in [0.717, 1.165) is 16.3 Å². The molecule has 2 heterocycles. The fourth-order valence-electron chi connectivity index (χ4n) is 2.52. The van der Waals surface area contributed by atoms with Gasteiger partial charge in [-0.15, -0.1) is 11.3 Å². The lowest BCUT2D eigenvalue weighted by molar-refractivity contribution is -0.113. The average molecular weight is 362 g/mol. The minimum absolute atomic E-state index is 0.190. The summed E-state index contributed by atoms with van der Waals surface area (Å²) in [7, 11) is 0. The van der Waals surface area contributed by atoms with Crippen LogP contribution in [0.4, 0.5) is 11.4 Å². The minimum Gasteiger partial charge on any atom is -0.289 e. The molecule has 0 atom stereocenters. The van der Waals surface area contributed by atoms with Crippen molar-refractivity contribution in [3.05, 3.63) is 88.0 Å². The molecule has 1 aromatic heterocycles. The Bertz CT molecular complexity index is 893. The summed E-state index contributed by atoms with van der Waals surface area (Å²) in [6, 6.07) is 23.9. The lowest BCUT2D eigenvalue weighted by atomic mass is 10.2. The van der Waals surface area contributed by atoms with E-state index in [2.05, 4.69) is 4.99 Å². The molecule has 1 aliphatic heterocycles. The van der Waals surface area contributed by atoms with Gasteiger partial charge in [0.15, 0.2) is 5.17 Å². The standard InChI is InChI=1S/C20H14N2OS2/c23-19-18(14-17-12-7-13-24-17)25-20(21-19)22(15-8-3-1-4-9-15)16-10-5-2-6-11-16/h1-14H/b18-14+. The number of thiophene rings is 1. The van der Waals surface area contributed by atoms with Gasteiger partial charge in [0.25, 0.3) is 5.91 Å². The Hall–Kier alpha value is -2.63. The highest BCUT2D eigenvalue weighted by atomic mass is 32.2. The molecule has 1 amide bonds. The van der Waals surface area contributed by atoms with Crippen molar-refractivity contribution in [1.29, 1.82) is 0 Å². The van der Waals surface area contributed by atoms with Gasteiger partial charge in [-0.1, -0.05) is 42.5 Å². The smallest absolute Gasteiger partial charge is 0.286 e. The van der Waals surface area contributed by atoms with Crippen molar-refractivity contribution in [3.63, 3.8) is 0 Å². The van der Waals surface area contributed by atoms with Crippen LogP contribution < -0.4 is 4.90 Å². The lowest BCUT2D eigenvalue weighted by Gasteiger charge is -2.23. The molecule has 25 heavy (non-hydrogen) atoms.